The van der Waals surface area contributed by atoms with E-state index in [1.165, 1.54) is 39.9 Å². The Labute approximate surface area is 197 Å². The lowest BCUT2D eigenvalue weighted by Crippen LogP contribution is -2.10. The highest BCUT2D eigenvalue weighted by molar-refractivity contribution is 6.02. The van der Waals surface area contributed by atoms with E-state index in [2.05, 4.69) is 43.5 Å². The van der Waals surface area contributed by atoms with Crippen LogP contribution in [0, 0.1) is 30.9 Å². The molecule has 2 aromatic carbocycles. The number of fused-ring (bicyclic) bond motifs is 3. The Morgan fingerprint density at radius 3 is 2.21 bits per heavy atom. The Kier molecular flexibility index (Phi) is 5.12. The average molecular weight is 455 g/mol. The highest BCUT2D eigenvalue weighted by Crippen LogP contribution is 2.37. The molecule has 0 bridgehead atoms. The minimum absolute atomic E-state index is 0.0833. The second-order valence-corrected chi connectivity index (χ2v) is 8.69. The standard InChI is InChI=1S/C27H26N4O3/c1-16-26-18(3)30(17(2)20-8-12-24(34-5)13-9-20)19(4)27(26)25-14-22(15-29(25)28-16)21-6-10-23(11-7-21)31(32)33/h6-15,17H,1-5H3. The molecular weight excluding hydrogens is 428 g/mol. The fraction of sp³-hybridized carbons (Fsp3) is 0.222. The maximum Gasteiger partial charge on any atom is 0.269 e. The number of nitro groups is 1. The van der Waals surface area contributed by atoms with E-state index in [9.17, 15) is 10.1 Å². The van der Waals surface area contributed by atoms with Crippen molar-refractivity contribution in [1.29, 1.82) is 0 Å². The van der Waals surface area contributed by atoms with Crippen molar-refractivity contribution < 1.29 is 9.66 Å². The van der Waals surface area contributed by atoms with E-state index in [0.29, 0.717) is 0 Å². The SMILES string of the molecule is COc1ccc(C(C)n2c(C)c3c(C)nn4cc(-c5ccc([N+](=O)[O-])cc5)cc4c3c2C)cc1. The van der Waals surface area contributed by atoms with Gasteiger partial charge < -0.3 is 9.30 Å². The molecule has 0 fully saturated rings. The van der Waals surface area contributed by atoms with Crippen LogP contribution in [-0.4, -0.2) is 26.2 Å². The molecule has 34 heavy (non-hydrogen) atoms. The summed E-state index contributed by atoms with van der Waals surface area (Å²) in [7, 11) is 1.68. The van der Waals surface area contributed by atoms with Gasteiger partial charge in [-0.05, 0) is 69.2 Å². The van der Waals surface area contributed by atoms with E-state index < -0.39 is 0 Å². The molecule has 0 aliphatic rings. The monoisotopic (exact) mass is 454 g/mol. The number of rotatable bonds is 5. The minimum Gasteiger partial charge on any atom is -0.497 e. The van der Waals surface area contributed by atoms with Crippen LogP contribution in [0.4, 0.5) is 5.69 Å². The molecule has 1 atom stereocenters. The van der Waals surface area contributed by atoms with Gasteiger partial charge in [0.2, 0.25) is 0 Å². The number of hydrogen-bond donors (Lipinski definition) is 0. The molecule has 0 aliphatic carbocycles. The van der Waals surface area contributed by atoms with Crippen molar-refractivity contribution in [3.63, 3.8) is 0 Å². The Bertz CT molecular complexity index is 1540. The number of nitrogens with zero attached hydrogens (tertiary/aromatic N) is 4. The van der Waals surface area contributed by atoms with Crippen molar-refractivity contribution in [2.45, 2.75) is 33.7 Å². The maximum atomic E-state index is 11.0. The lowest BCUT2D eigenvalue weighted by atomic mass is 10.1. The van der Waals surface area contributed by atoms with Crippen molar-refractivity contribution >= 4 is 22.0 Å². The van der Waals surface area contributed by atoms with Gasteiger partial charge in [0.1, 0.15) is 5.75 Å². The van der Waals surface area contributed by atoms with Gasteiger partial charge in [-0.25, -0.2) is 4.52 Å². The zero-order valence-corrected chi connectivity index (χ0v) is 19.9. The van der Waals surface area contributed by atoms with Crippen LogP contribution in [0.3, 0.4) is 0 Å². The molecular formula is C27H26N4O3. The number of methoxy groups -OCH3 is 1. The number of benzene rings is 2. The quantitative estimate of drug-likeness (QED) is 0.227. The number of aryl methyl sites for hydroxylation is 3. The summed E-state index contributed by atoms with van der Waals surface area (Å²) >= 11 is 0. The van der Waals surface area contributed by atoms with E-state index in [-0.39, 0.29) is 16.7 Å². The van der Waals surface area contributed by atoms with Gasteiger partial charge in [-0.1, -0.05) is 12.1 Å². The van der Waals surface area contributed by atoms with Crippen LogP contribution in [0.5, 0.6) is 5.75 Å². The summed E-state index contributed by atoms with van der Waals surface area (Å²) in [6, 6.07) is 17.1. The van der Waals surface area contributed by atoms with Gasteiger partial charge in [0.15, 0.2) is 0 Å². The zero-order valence-electron chi connectivity index (χ0n) is 19.9. The first-order valence-corrected chi connectivity index (χ1v) is 11.2. The van der Waals surface area contributed by atoms with Gasteiger partial charge >= 0.3 is 0 Å². The third kappa shape index (κ3) is 3.32. The molecule has 3 aromatic heterocycles. The summed E-state index contributed by atoms with van der Waals surface area (Å²) in [5.41, 5.74) is 7.53. The smallest absolute Gasteiger partial charge is 0.269 e. The van der Waals surface area contributed by atoms with Gasteiger partial charge in [0, 0.05) is 46.1 Å². The topological polar surface area (TPSA) is 74.6 Å². The third-order valence-corrected chi connectivity index (χ3v) is 6.77. The normalized spacial score (nSPS) is 12.4. The Morgan fingerprint density at radius 1 is 0.941 bits per heavy atom. The lowest BCUT2D eigenvalue weighted by Gasteiger charge is -2.19. The molecule has 172 valence electrons. The number of non-ortho nitro benzene ring substituents is 1. The molecule has 5 aromatic rings. The Morgan fingerprint density at radius 2 is 1.59 bits per heavy atom. The summed E-state index contributed by atoms with van der Waals surface area (Å²) < 4.78 is 9.61. The molecule has 1 unspecified atom stereocenters. The van der Waals surface area contributed by atoms with E-state index >= 15 is 0 Å². The van der Waals surface area contributed by atoms with Crippen molar-refractivity contribution in [2.75, 3.05) is 7.11 Å². The largest absolute Gasteiger partial charge is 0.497 e. The zero-order chi connectivity index (χ0) is 24.1. The predicted molar refractivity (Wildman–Crippen MR) is 134 cm³/mol. The van der Waals surface area contributed by atoms with E-state index in [0.717, 1.165) is 28.1 Å². The molecule has 0 saturated carbocycles. The van der Waals surface area contributed by atoms with Crippen LogP contribution in [-0.2, 0) is 0 Å². The maximum absolute atomic E-state index is 11.0. The van der Waals surface area contributed by atoms with Crippen LogP contribution in [0.25, 0.3) is 27.4 Å². The molecule has 0 saturated heterocycles. The van der Waals surface area contributed by atoms with Crippen LogP contribution < -0.4 is 4.74 Å². The minimum atomic E-state index is -0.382. The van der Waals surface area contributed by atoms with Crippen molar-refractivity contribution in [2.24, 2.45) is 0 Å². The highest BCUT2D eigenvalue weighted by Gasteiger charge is 2.22. The number of ether oxygens (including phenoxy) is 1. The molecule has 0 spiro atoms. The molecule has 7 heteroatoms. The van der Waals surface area contributed by atoms with Gasteiger partial charge in [-0.3, -0.25) is 10.1 Å². The number of hydrogen-bond acceptors (Lipinski definition) is 4. The molecule has 3 heterocycles. The number of aromatic nitrogens is 3. The Hall–Kier alpha value is -4.13. The van der Waals surface area contributed by atoms with Crippen LogP contribution in [0.1, 0.15) is 35.6 Å². The highest BCUT2D eigenvalue weighted by atomic mass is 16.6. The van der Waals surface area contributed by atoms with E-state index in [1.807, 2.05) is 29.8 Å². The molecule has 7 nitrogen and oxygen atoms in total. The fourth-order valence-corrected chi connectivity index (χ4v) is 5.09. The lowest BCUT2D eigenvalue weighted by molar-refractivity contribution is -0.384. The van der Waals surface area contributed by atoms with Crippen LogP contribution in [0.2, 0.25) is 0 Å². The van der Waals surface area contributed by atoms with Crippen LogP contribution >= 0.6 is 0 Å². The summed E-state index contributed by atoms with van der Waals surface area (Å²) in [6.07, 6.45) is 1.99. The third-order valence-electron chi connectivity index (χ3n) is 6.77. The fourth-order valence-electron chi connectivity index (χ4n) is 5.09. The molecule has 5 rings (SSSR count). The van der Waals surface area contributed by atoms with Gasteiger partial charge in [-0.2, -0.15) is 5.10 Å². The van der Waals surface area contributed by atoms with Crippen molar-refractivity contribution in [3.8, 4) is 16.9 Å². The molecule has 0 N–H and O–H groups in total. The summed E-state index contributed by atoms with van der Waals surface area (Å²) in [5, 5.41) is 18.2. The van der Waals surface area contributed by atoms with E-state index in [4.69, 9.17) is 9.84 Å². The average Bonchev–Trinajstić information content (AvgIpc) is 3.37. The molecule has 0 amide bonds. The predicted octanol–water partition coefficient (Wildman–Crippen LogP) is 6.41. The first-order chi connectivity index (χ1) is 16.3. The number of nitro benzene ring substituents is 1. The molecule has 0 aliphatic heterocycles. The summed E-state index contributed by atoms with van der Waals surface area (Å²) in [5.74, 6) is 0.843. The van der Waals surface area contributed by atoms with Gasteiger partial charge in [0.05, 0.1) is 29.3 Å². The van der Waals surface area contributed by atoms with Gasteiger partial charge in [0.25, 0.3) is 5.69 Å². The van der Waals surface area contributed by atoms with Crippen LogP contribution in [0.15, 0.2) is 60.8 Å². The first-order valence-electron chi connectivity index (χ1n) is 11.2. The summed E-state index contributed by atoms with van der Waals surface area (Å²) in [6.45, 7) is 8.57. The molecule has 0 radical (unpaired) electrons. The first kappa shape index (κ1) is 21.7. The van der Waals surface area contributed by atoms with Gasteiger partial charge in [-0.15, -0.1) is 0 Å². The summed E-state index contributed by atoms with van der Waals surface area (Å²) in [4.78, 5) is 10.6. The second kappa shape index (κ2) is 8.02. The van der Waals surface area contributed by atoms with E-state index in [1.54, 1.807) is 19.2 Å². The van der Waals surface area contributed by atoms with Crippen molar-refractivity contribution in [3.05, 3.63) is 93.6 Å². The second-order valence-electron chi connectivity index (χ2n) is 8.69. The van der Waals surface area contributed by atoms with Crippen molar-refractivity contribution in [1.82, 2.24) is 14.2 Å². The Balaban J connectivity index is 1.67.